The Morgan fingerprint density at radius 1 is 1.02 bits per heavy atom. The van der Waals surface area contributed by atoms with E-state index in [2.05, 4.69) is 25.5 Å². The summed E-state index contributed by atoms with van der Waals surface area (Å²) in [7, 11) is -0.378. The smallest absolute Gasteiger partial charge is 0.351 e. The first kappa shape index (κ1) is 42.9. The molecular formula is C28H44B2N8O13. The Morgan fingerprint density at radius 2 is 1.55 bits per heavy atom. The zero-order valence-corrected chi connectivity index (χ0v) is 28.8. The SMILES string of the molecule is CB(O)N[C@H](C(=O)Nc1ccn([C@@H]2CO[C@H](CO)O2)c(=O)n1)C(C)C.CC(C)C(N=CB=O)C(=O)O.Nc1ccn([C@@H]2CO[C@H](CO)O2)c(=O)n1. The van der Waals surface area contributed by atoms with Crippen LogP contribution in [0.15, 0.2) is 39.1 Å². The van der Waals surface area contributed by atoms with Gasteiger partial charge in [0.15, 0.2) is 25.0 Å². The molecule has 2 aromatic heterocycles. The average molecular weight is 722 g/mol. The molecule has 280 valence electrons. The van der Waals surface area contributed by atoms with Crippen molar-refractivity contribution in [3.05, 3.63) is 45.5 Å². The van der Waals surface area contributed by atoms with Crippen molar-refractivity contribution in [1.82, 2.24) is 24.3 Å². The maximum absolute atomic E-state index is 12.3. The number of hydrogen-bond acceptors (Lipinski definition) is 17. The van der Waals surface area contributed by atoms with Gasteiger partial charge in [-0.3, -0.25) is 13.9 Å². The largest absolute Gasteiger partial charge is 0.391 e. The fourth-order valence-electron chi connectivity index (χ4n) is 4.40. The molecule has 1 unspecified atom stereocenters. The number of ether oxygens (including phenoxy) is 4. The van der Waals surface area contributed by atoms with Crippen molar-refractivity contribution < 1.29 is 53.6 Å². The van der Waals surface area contributed by atoms with Crippen LogP contribution in [0.25, 0.3) is 0 Å². The maximum atomic E-state index is 12.3. The summed E-state index contributed by atoms with van der Waals surface area (Å²) >= 11 is 0. The number of nitrogens with one attached hydrogen (secondary N) is 2. The third-order valence-electron chi connectivity index (χ3n) is 6.88. The Hall–Kier alpha value is -4.22. The summed E-state index contributed by atoms with van der Waals surface area (Å²) < 4.78 is 33.1. The summed E-state index contributed by atoms with van der Waals surface area (Å²) in [5.41, 5.74) is 4.23. The molecule has 2 aliphatic heterocycles. The van der Waals surface area contributed by atoms with Crippen LogP contribution in [0.1, 0.15) is 40.2 Å². The number of aliphatic hydroxyl groups excluding tert-OH is 2. The number of hydrogen-bond donors (Lipinski definition) is 7. The van der Waals surface area contributed by atoms with Gasteiger partial charge < -0.3 is 50.5 Å². The predicted molar refractivity (Wildman–Crippen MR) is 181 cm³/mol. The van der Waals surface area contributed by atoms with E-state index < -0.39 is 67.4 Å². The molecule has 2 aromatic rings. The number of aliphatic hydroxyl groups is 2. The van der Waals surface area contributed by atoms with Crippen LogP contribution >= 0.6 is 0 Å². The minimum Gasteiger partial charge on any atom is -0.391 e. The number of carbonyl (C=O) groups excluding carboxylic acids is 1. The summed E-state index contributed by atoms with van der Waals surface area (Å²) in [5, 5.41) is 41.0. The number of aliphatic imine (C=N–C) groups is 1. The van der Waals surface area contributed by atoms with Gasteiger partial charge in [-0.2, -0.15) is 9.97 Å². The van der Waals surface area contributed by atoms with Gasteiger partial charge in [-0.25, -0.2) is 9.59 Å². The van der Waals surface area contributed by atoms with Crippen LogP contribution in [0.4, 0.5) is 11.6 Å². The van der Waals surface area contributed by atoms with E-state index in [0.29, 0.717) is 7.15 Å². The van der Waals surface area contributed by atoms with Crippen LogP contribution in [-0.2, 0) is 33.2 Å². The van der Waals surface area contributed by atoms with Crippen molar-refractivity contribution in [3.63, 3.8) is 0 Å². The summed E-state index contributed by atoms with van der Waals surface area (Å²) in [5.74, 6) is -1.31. The topological polar surface area (TPSA) is 301 Å². The molecule has 2 saturated heterocycles. The molecule has 51 heavy (non-hydrogen) atoms. The van der Waals surface area contributed by atoms with Crippen molar-refractivity contribution in [3.8, 4) is 0 Å². The molecule has 8 N–H and O–H groups in total. The first-order valence-corrected chi connectivity index (χ1v) is 15.8. The van der Waals surface area contributed by atoms with E-state index >= 15 is 0 Å². The van der Waals surface area contributed by atoms with Gasteiger partial charge in [-0.15, -0.1) is 0 Å². The van der Waals surface area contributed by atoms with E-state index in [1.807, 2.05) is 13.8 Å². The second-order valence-corrected chi connectivity index (χ2v) is 11.6. The second-order valence-electron chi connectivity index (χ2n) is 11.6. The molecule has 0 spiro atoms. The van der Waals surface area contributed by atoms with Crippen molar-refractivity contribution in [1.29, 1.82) is 0 Å². The minimum atomic E-state index is -1.00. The molecule has 2 fully saturated rings. The van der Waals surface area contributed by atoms with Crippen molar-refractivity contribution >= 4 is 43.8 Å². The van der Waals surface area contributed by atoms with Gasteiger partial charge in [-0.1, -0.05) is 13.8 Å². The number of carbonyl (C=O) groups is 2. The van der Waals surface area contributed by atoms with Gasteiger partial charge in [0.2, 0.25) is 5.91 Å². The fraction of sp³-hybridized carbons (Fsp3) is 0.607. The standard InChI is InChI=1S/C14H23BN4O6.C8H11N3O4.C6H10BNO3/c1-8(2)12(18-15(3)23)13(21)16-9-4-5-19(14(22)17-9)10-7-24-11(6-20)25-10;9-5-1-2-11(8(13)10-5)6-4-14-7(3-12)15-6;1-4(2)5(6(9)10)8-3-7-11/h4-5,8,10-12,18,20,23H,6-7H2,1-3H3,(H,16,17,21,22);1-2,6-7,12H,3-4H2,(H2,9,10,13);3-5H,1-2H3,(H,9,10)/t10-,11-,12-;6-,7-;/m00./s1. The number of nitrogen functional groups attached to an aromatic ring is 1. The molecule has 0 aromatic carbocycles. The van der Waals surface area contributed by atoms with Crippen LogP contribution in [-0.4, -0.2) is 123 Å². The molecule has 6 atom stereocenters. The number of carboxylic acid groups (broad SMARTS) is 1. The number of nitrogens with zero attached hydrogens (tertiary/aromatic N) is 5. The Bertz CT molecular complexity index is 1580. The van der Waals surface area contributed by atoms with Crippen molar-refractivity contribution in [2.75, 3.05) is 37.5 Å². The number of carboxylic acids is 1. The summed E-state index contributed by atoms with van der Waals surface area (Å²) in [6.07, 6.45) is 1.21. The van der Waals surface area contributed by atoms with Crippen LogP contribution in [0.2, 0.25) is 6.82 Å². The first-order chi connectivity index (χ1) is 24.1. The summed E-state index contributed by atoms with van der Waals surface area (Å²) in [6, 6.07) is 1.52. The number of aliphatic carboxylic acids is 1. The molecule has 0 bridgehead atoms. The quantitative estimate of drug-likeness (QED) is 0.0840. The zero-order chi connectivity index (χ0) is 38.2. The number of amides is 1. The third kappa shape index (κ3) is 13.8. The Kier molecular flexibility index (Phi) is 17.9. The van der Waals surface area contributed by atoms with Gasteiger partial charge in [0.05, 0.1) is 32.5 Å². The van der Waals surface area contributed by atoms with Gasteiger partial charge in [0.25, 0.3) is 0 Å². The van der Waals surface area contributed by atoms with Crippen molar-refractivity contribution in [2.24, 2.45) is 16.8 Å². The Balaban J connectivity index is 0.000000294. The zero-order valence-electron chi connectivity index (χ0n) is 28.8. The van der Waals surface area contributed by atoms with Crippen LogP contribution in [0.5, 0.6) is 0 Å². The normalized spacial score (nSPS) is 20.9. The second kappa shape index (κ2) is 21.2. The molecule has 23 heteroatoms. The number of anilines is 2. The van der Waals surface area contributed by atoms with Crippen molar-refractivity contribution in [2.45, 2.75) is 71.6 Å². The molecular weight excluding hydrogens is 678 g/mol. The van der Waals surface area contributed by atoms with Gasteiger partial charge in [0.1, 0.15) is 11.6 Å². The van der Waals surface area contributed by atoms with Gasteiger partial charge in [-0.05, 0) is 24.9 Å². The minimum absolute atomic E-state index is 0.0746. The number of rotatable bonds is 13. The van der Waals surface area contributed by atoms with E-state index in [0.717, 1.165) is 6.11 Å². The molecule has 4 heterocycles. The molecule has 4 rings (SSSR count). The molecule has 0 saturated carbocycles. The number of nitrogens with two attached hydrogens (primary N) is 1. The monoisotopic (exact) mass is 722 g/mol. The average Bonchev–Trinajstić information content (AvgIpc) is 3.74. The summed E-state index contributed by atoms with van der Waals surface area (Å²) in [6.45, 7) is 8.43. The molecule has 0 radical (unpaired) electrons. The Labute approximate surface area is 293 Å². The van der Waals surface area contributed by atoms with E-state index in [9.17, 15) is 28.9 Å². The maximum Gasteiger partial charge on any atom is 0.351 e. The van der Waals surface area contributed by atoms with Gasteiger partial charge >= 0.3 is 83.1 Å². The molecule has 1 amide bonds. The van der Waals surface area contributed by atoms with Crippen LogP contribution in [0, 0.1) is 11.8 Å². The van der Waals surface area contributed by atoms with Crippen LogP contribution < -0.4 is 27.7 Å². The third-order valence-corrected chi connectivity index (χ3v) is 6.88. The van der Waals surface area contributed by atoms with E-state index in [4.69, 9.17) is 40.0 Å². The van der Waals surface area contributed by atoms with Crippen LogP contribution in [0.3, 0.4) is 0 Å². The fourth-order valence-corrected chi connectivity index (χ4v) is 4.40. The van der Waals surface area contributed by atoms with E-state index in [1.165, 1.54) is 40.5 Å². The predicted octanol–water partition coefficient (Wildman–Crippen LogP) is -2.37. The molecule has 0 aliphatic carbocycles. The first-order valence-electron chi connectivity index (χ1n) is 15.8. The van der Waals surface area contributed by atoms with E-state index in [1.54, 1.807) is 13.8 Å². The summed E-state index contributed by atoms with van der Waals surface area (Å²) in [4.78, 5) is 57.2. The van der Waals surface area contributed by atoms with E-state index in [-0.39, 0.29) is 49.9 Å². The molecule has 2 aliphatic rings. The molecule has 21 nitrogen and oxygen atoms in total. The Morgan fingerprint density at radius 3 is 1.94 bits per heavy atom. The van der Waals surface area contributed by atoms with Gasteiger partial charge in [0, 0.05) is 12.4 Å². The number of aromatic nitrogens is 4.